The Hall–Kier alpha value is -3.45. The molecule has 2 aromatic carbocycles. The van der Waals surface area contributed by atoms with Crippen LogP contribution < -0.4 is 5.32 Å². The molecule has 0 aliphatic carbocycles. The van der Waals surface area contributed by atoms with Crippen LogP contribution in [0.1, 0.15) is 16.4 Å². The van der Waals surface area contributed by atoms with Crippen molar-refractivity contribution in [2.24, 2.45) is 0 Å². The van der Waals surface area contributed by atoms with Gasteiger partial charge in [0.25, 0.3) is 0 Å². The summed E-state index contributed by atoms with van der Waals surface area (Å²) in [7, 11) is 0. The fraction of sp³-hybridized carbons (Fsp3) is 0.0952. The second-order valence-electron chi connectivity index (χ2n) is 6.49. The van der Waals surface area contributed by atoms with E-state index in [0.29, 0.717) is 12.5 Å². The maximum Gasteiger partial charge on any atom is 0.247 e. The summed E-state index contributed by atoms with van der Waals surface area (Å²) < 4.78 is 1.72. The molecule has 0 fully saturated rings. The van der Waals surface area contributed by atoms with Crippen molar-refractivity contribution in [3.63, 3.8) is 0 Å². The third-order valence-electron chi connectivity index (χ3n) is 4.82. The molecule has 7 heteroatoms. The first-order valence-corrected chi connectivity index (χ1v) is 9.95. The van der Waals surface area contributed by atoms with Crippen LogP contribution in [0, 0.1) is 0 Å². The first-order chi connectivity index (χ1) is 13.9. The number of nitrogens with one attached hydrogen (secondary N) is 2. The smallest absolute Gasteiger partial charge is 0.247 e. The Balaban J connectivity index is 1.47. The Morgan fingerprint density at radius 2 is 1.86 bits per heavy atom. The minimum absolute atomic E-state index is 0.192. The lowest BCUT2D eigenvalue weighted by atomic mass is 9.97. The van der Waals surface area contributed by atoms with Crippen LogP contribution >= 0.6 is 11.3 Å². The Labute approximate surface area is 165 Å². The number of tetrazole rings is 1. The van der Waals surface area contributed by atoms with Crippen molar-refractivity contribution >= 4 is 28.2 Å². The molecule has 0 aliphatic heterocycles. The van der Waals surface area contributed by atoms with E-state index in [2.05, 4.69) is 73.8 Å². The zero-order chi connectivity index (χ0) is 18.8. The minimum atomic E-state index is 0.192. The number of rotatable bonds is 6. The van der Waals surface area contributed by atoms with Gasteiger partial charge >= 0.3 is 0 Å². The number of anilines is 1. The largest absolute Gasteiger partial charge is 0.361 e. The molecule has 0 aliphatic rings. The van der Waals surface area contributed by atoms with Gasteiger partial charge in [0.1, 0.15) is 0 Å². The standard InChI is InChI=1S/C21H18N6S/c1-2-7-15(8-3-1)27-21(24-25-26-27)23-14-18(20-11-6-12-28-20)17-13-22-19-10-5-4-9-16(17)19/h1-13,18,22H,14H2,(H,23,24,26)/t18-/m0/s1. The molecule has 0 spiro atoms. The number of hydrogen-bond donors (Lipinski definition) is 2. The summed E-state index contributed by atoms with van der Waals surface area (Å²) in [6, 6.07) is 22.6. The van der Waals surface area contributed by atoms with E-state index in [1.54, 1.807) is 16.0 Å². The lowest BCUT2D eigenvalue weighted by molar-refractivity contribution is 0.785. The SMILES string of the molecule is c1ccc(-n2nnnc2NC[C@H](c2cccs2)c2c[nH]c3ccccc23)cc1. The number of aromatic nitrogens is 5. The van der Waals surface area contributed by atoms with Crippen molar-refractivity contribution in [1.29, 1.82) is 0 Å². The van der Waals surface area contributed by atoms with E-state index < -0.39 is 0 Å². The van der Waals surface area contributed by atoms with Crippen molar-refractivity contribution in [3.8, 4) is 5.69 Å². The van der Waals surface area contributed by atoms with Gasteiger partial charge in [0.15, 0.2) is 0 Å². The summed E-state index contributed by atoms with van der Waals surface area (Å²) in [5.74, 6) is 0.824. The van der Waals surface area contributed by atoms with Crippen LogP contribution in [-0.4, -0.2) is 31.7 Å². The summed E-state index contributed by atoms with van der Waals surface area (Å²) in [6.07, 6.45) is 2.11. The molecule has 1 atom stereocenters. The van der Waals surface area contributed by atoms with Crippen molar-refractivity contribution < 1.29 is 0 Å². The molecule has 2 N–H and O–H groups in total. The van der Waals surface area contributed by atoms with E-state index in [1.807, 2.05) is 30.3 Å². The van der Waals surface area contributed by atoms with Gasteiger partial charge in [-0.25, -0.2) is 0 Å². The molecule has 3 heterocycles. The molecule has 0 saturated carbocycles. The van der Waals surface area contributed by atoms with E-state index >= 15 is 0 Å². The van der Waals surface area contributed by atoms with Crippen LogP contribution in [0.5, 0.6) is 0 Å². The van der Waals surface area contributed by atoms with Crippen molar-refractivity contribution in [1.82, 2.24) is 25.2 Å². The molecule has 3 aromatic heterocycles. The second kappa shape index (κ2) is 7.28. The summed E-state index contributed by atoms with van der Waals surface area (Å²) in [6.45, 7) is 0.690. The molecule has 0 saturated heterocycles. The van der Waals surface area contributed by atoms with Crippen molar-refractivity contribution in [2.45, 2.75) is 5.92 Å². The summed E-state index contributed by atoms with van der Waals surface area (Å²) in [5.41, 5.74) is 3.34. The lowest BCUT2D eigenvalue weighted by Gasteiger charge is -2.16. The van der Waals surface area contributed by atoms with Gasteiger partial charge in [0.2, 0.25) is 5.95 Å². The predicted octanol–water partition coefficient (Wildman–Crippen LogP) is 4.45. The monoisotopic (exact) mass is 386 g/mol. The van der Waals surface area contributed by atoms with Gasteiger partial charge in [-0.15, -0.1) is 11.3 Å². The molecule has 0 unspecified atom stereocenters. The highest BCUT2D eigenvalue weighted by molar-refractivity contribution is 7.10. The average molecular weight is 386 g/mol. The van der Waals surface area contributed by atoms with Gasteiger partial charge in [-0.2, -0.15) is 4.68 Å². The molecular weight excluding hydrogens is 368 g/mol. The van der Waals surface area contributed by atoms with Crippen LogP contribution in [0.25, 0.3) is 16.6 Å². The highest BCUT2D eigenvalue weighted by Gasteiger charge is 2.20. The number of para-hydroxylation sites is 2. The van der Waals surface area contributed by atoms with Gasteiger partial charge in [-0.05, 0) is 45.6 Å². The van der Waals surface area contributed by atoms with E-state index in [9.17, 15) is 0 Å². The van der Waals surface area contributed by atoms with Crippen molar-refractivity contribution in [3.05, 3.63) is 88.7 Å². The third kappa shape index (κ3) is 3.05. The molecule has 0 radical (unpaired) electrons. The predicted molar refractivity (Wildman–Crippen MR) is 112 cm³/mol. The molecule has 6 nitrogen and oxygen atoms in total. The summed E-state index contributed by atoms with van der Waals surface area (Å²) in [4.78, 5) is 4.69. The number of hydrogen-bond acceptors (Lipinski definition) is 5. The number of H-pyrrole nitrogens is 1. The van der Waals surface area contributed by atoms with Gasteiger partial charge in [0.05, 0.1) is 5.69 Å². The lowest BCUT2D eigenvalue weighted by Crippen LogP contribution is -2.16. The second-order valence-corrected chi connectivity index (χ2v) is 7.47. The first kappa shape index (κ1) is 16.7. The molecule has 28 heavy (non-hydrogen) atoms. The maximum absolute atomic E-state index is 4.18. The first-order valence-electron chi connectivity index (χ1n) is 9.07. The molecule has 0 bridgehead atoms. The van der Waals surface area contributed by atoms with Crippen LogP contribution in [0.2, 0.25) is 0 Å². The fourth-order valence-corrected chi connectivity index (χ4v) is 4.32. The van der Waals surface area contributed by atoms with Gasteiger partial charge < -0.3 is 10.3 Å². The molecule has 5 rings (SSSR count). The maximum atomic E-state index is 4.18. The van der Waals surface area contributed by atoms with E-state index in [1.165, 1.54) is 15.8 Å². The zero-order valence-corrected chi connectivity index (χ0v) is 15.8. The number of nitrogens with zero attached hydrogens (tertiary/aromatic N) is 4. The van der Waals surface area contributed by atoms with Crippen LogP contribution in [0.3, 0.4) is 0 Å². The molecule has 138 valence electrons. The quantitative estimate of drug-likeness (QED) is 0.452. The van der Waals surface area contributed by atoms with E-state index in [0.717, 1.165) is 11.2 Å². The average Bonchev–Trinajstić information content (AvgIpc) is 3.51. The van der Waals surface area contributed by atoms with Gasteiger partial charge in [-0.3, -0.25) is 0 Å². The Kier molecular flexibility index (Phi) is 4.34. The normalized spacial score (nSPS) is 12.3. The molecule has 0 amide bonds. The van der Waals surface area contributed by atoms with Gasteiger partial charge in [-0.1, -0.05) is 47.6 Å². The number of benzene rings is 2. The number of thiophene rings is 1. The van der Waals surface area contributed by atoms with E-state index in [-0.39, 0.29) is 5.92 Å². The minimum Gasteiger partial charge on any atom is -0.361 e. The number of fused-ring (bicyclic) bond motifs is 1. The van der Waals surface area contributed by atoms with E-state index in [4.69, 9.17) is 0 Å². The fourth-order valence-electron chi connectivity index (χ4n) is 3.47. The highest BCUT2D eigenvalue weighted by atomic mass is 32.1. The summed E-state index contributed by atoms with van der Waals surface area (Å²) in [5, 5.41) is 19.0. The third-order valence-corrected chi connectivity index (χ3v) is 5.80. The Morgan fingerprint density at radius 1 is 1.00 bits per heavy atom. The van der Waals surface area contributed by atoms with Crippen molar-refractivity contribution in [2.75, 3.05) is 11.9 Å². The molecular formula is C21H18N6S. The summed E-state index contributed by atoms with van der Waals surface area (Å²) >= 11 is 1.76. The topological polar surface area (TPSA) is 71.4 Å². The van der Waals surface area contributed by atoms with Crippen LogP contribution in [0.4, 0.5) is 5.95 Å². The van der Waals surface area contributed by atoms with Gasteiger partial charge in [0, 0.05) is 34.4 Å². The van der Waals surface area contributed by atoms with Crippen LogP contribution in [-0.2, 0) is 0 Å². The van der Waals surface area contributed by atoms with Crippen LogP contribution in [0.15, 0.2) is 78.3 Å². The number of aromatic amines is 1. The highest BCUT2D eigenvalue weighted by Crippen LogP contribution is 2.33. The Morgan fingerprint density at radius 3 is 2.71 bits per heavy atom. The molecule has 5 aromatic rings. The Bertz CT molecular complexity index is 1180. The zero-order valence-electron chi connectivity index (χ0n) is 15.0.